The van der Waals surface area contributed by atoms with Gasteiger partial charge in [-0.2, -0.15) is 0 Å². The average Bonchev–Trinajstić information content (AvgIpc) is 2.40. The lowest BCUT2D eigenvalue weighted by Crippen LogP contribution is -2.10. The monoisotopic (exact) mass is 229 g/mol. The third-order valence-electron chi connectivity index (χ3n) is 3.02. The van der Waals surface area contributed by atoms with Gasteiger partial charge >= 0.3 is 0 Å². The molecule has 1 aliphatic rings. The smallest absolute Gasteiger partial charge is 0.118 e. The predicted molar refractivity (Wildman–Crippen MR) is 67.8 cm³/mol. The first-order valence-electron chi connectivity index (χ1n) is 5.74. The lowest BCUT2D eigenvalue weighted by molar-refractivity contribution is 0.415. The quantitative estimate of drug-likeness (QED) is 0.440. The lowest BCUT2D eigenvalue weighted by atomic mass is 9.89. The molecule has 0 N–H and O–H groups in total. The van der Waals surface area contributed by atoms with Crippen LogP contribution in [0.4, 0.5) is 0 Å². The van der Waals surface area contributed by atoms with Crippen LogP contribution in [0.25, 0.3) is 16.0 Å². The van der Waals surface area contributed by atoms with E-state index < -0.39 is 0 Å². The number of methoxy groups -OCH3 is 1. The average molecular weight is 229 g/mol. The van der Waals surface area contributed by atoms with Crippen molar-refractivity contribution in [1.29, 1.82) is 0 Å². The molecule has 0 amide bonds. The van der Waals surface area contributed by atoms with Crippen LogP contribution >= 0.6 is 0 Å². The van der Waals surface area contributed by atoms with E-state index in [0.29, 0.717) is 0 Å². The second-order valence-electron chi connectivity index (χ2n) is 4.04. The highest BCUT2D eigenvalue weighted by atomic mass is 16.5. The zero-order valence-electron chi connectivity index (χ0n) is 9.84. The Labute approximate surface area is 101 Å². The second-order valence-corrected chi connectivity index (χ2v) is 4.04. The maximum absolute atomic E-state index is 8.58. The van der Waals surface area contributed by atoms with E-state index in [2.05, 4.69) is 16.1 Å². The number of benzene rings is 1. The summed E-state index contributed by atoms with van der Waals surface area (Å²) in [5.74, 6) is 0.838. The number of hydrogen-bond donors (Lipinski definition) is 0. The summed E-state index contributed by atoms with van der Waals surface area (Å²) in [5.41, 5.74) is 10.8. The van der Waals surface area contributed by atoms with Crippen molar-refractivity contribution in [3.05, 3.63) is 46.3 Å². The molecule has 4 nitrogen and oxygen atoms in total. The first kappa shape index (κ1) is 11.6. The lowest BCUT2D eigenvalue weighted by Gasteiger charge is -2.20. The largest absolute Gasteiger partial charge is 0.497 e. The van der Waals surface area contributed by atoms with Gasteiger partial charge in [0.25, 0.3) is 0 Å². The van der Waals surface area contributed by atoms with Crippen molar-refractivity contribution in [3.8, 4) is 5.75 Å². The first-order valence-corrected chi connectivity index (χ1v) is 5.74. The maximum atomic E-state index is 8.58. The zero-order chi connectivity index (χ0) is 12.1. The minimum Gasteiger partial charge on any atom is -0.497 e. The fraction of sp³-hybridized carbons (Fsp3) is 0.385. The fourth-order valence-electron chi connectivity index (χ4n) is 2.14. The van der Waals surface area contributed by atoms with Crippen LogP contribution in [0.5, 0.6) is 5.75 Å². The SMILES string of the molecule is COc1ccc(C2=CCCCC2N=[N+]=[N-])cc1. The van der Waals surface area contributed by atoms with Crippen LogP contribution in [0.3, 0.4) is 0 Å². The van der Waals surface area contributed by atoms with E-state index in [1.165, 1.54) is 0 Å². The summed E-state index contributed by atoms with van der Waals surface area (Å²) in [6, 6.07) is 7.85. The molecule has 1 aromatic rings. The summed E-state index contributed by atoms with van der Waals surface area (Å²) in [7, 11) is 1.65. The van der Waals surface area contributed by atoms with Gasteiger partial charge in [0.2, 0.25) is 0 Å². The molecule has 1 atom stereocenters. The minimum atomic E-state index is -0.0258. The summed E-state index contributed by atoms with van der Waals surface area (Å²) in [5, 5.41) is 3.87. The maximum Gasteiger partial charge on any atom is 0.118 e. The van der Waals surface area contributed by atoms with Crippen LogP contribution in [0, 0.1) is 0 Å². The highest BCUT2D eigenvalue weighted by molar-refractivity contribution is 5.70. The van der Waals surface area contributed by atoms with Gasteiger partial charge in [0.15, 0.2) is 0 Å². The van der Waals surface area contributed by atoms with Gasteiger partial charge in [-0.15, -0.1) is 0 Å². The number of allylic oxidation sites excluding steroid dienone is 1. The molecule has 1 unspecified atom stereocenters. The van der Waals surface area contributed by atoms with Crippen LogP contribution in [0.2, 0.25) is 0 Å². The van der Waals surface area contributed by atoms with Crippen molar-refractivity contribution in [2.45, 2.75) is 25.3 Å². The van der Waals surface area contributed by atoms with Crippen LogP contribution in [0.1, 0.15) is 24.8 Å². The van der Waals surface area contributed by atoms with Crippen molar-refractivity contribution in [3.63, 3.8) is 0 Å². The normalized spacial score (nSPS) is 19.1. The molecule has 0 heterocycles. The van der Waals surface area contributed by atoms with Crippen LogP contribution in [-0.2, 0) is 0 Å². The third-order valence-corrected chi connectivity index (χ3v) is 3.02. The van der Waals surface area contributed by atoms with Gasteiger partial charge in [-0.25, -0.2) is 0 Å². The van der Waals surface area contributed by atoms with Gasteiger partial charge in [0.05, 0.1) is 13.2 Å². The van der Waals surface area contributed by atoms with Crippen molar-refractivity contribution in [1.82, 2.24) is 0 Å². The number of azide groups is 1. The Morgan fingerprint density at radius 1 is 1.35 bits per heavy atom. The van der Waals surface area contributed by atoms with E-state index >= 15 is 0 Å². The second kappa shape index (κ2) is 5.41. The highest BCUT2D eigenvalue weighted by Crippen LogP contribution is 2.30. The molecule has 0 aromatic heterocycles. The zero-order valence-corrected chi connectivity index (χ0v) is 9.84. The molecular weight excluding hydrogens is 214 g/mol. The molecule has 17 heavy (non-hydrogen) atoms. The van der Waals surface area contributed by atoms with Crippen molar-refractivity contribution >= 4 is 5.57 Å². The molecule has 0 radical (unpaired) electrons. The number of hydrogen-bond acceptors (Lipinski definition) is 2. The van der Waals surface area contributed by atoms with Gasteiger partial charge < -0.3 is 4.74 Å². The molecular formula is C13H15N3O. The van der Waals surface area contributed by atoms with Gasteiger partial charge in [0.1, 0.15) is 5.75 Å². The third kappa shape index (κ3) is 2.60. The molecule has 0 bridgehead atoms. The molecule has 88 valence electrons. The Balaban J connectivity index is 2.29. The molecule has 0 aliphatic heterocycles. The fourth-order valence-corrected chi connectivity index (χ4v) is 2.14. The molecule has 0 fully saturated rings. The van der Waals surface area contributed by atoms with E-state index in [1.54, 1.807) is 7.11 Å². The molecule has 1 aromatic carbocycles. The molecule has 2 rings (SSSR count). The standard InChI is InChI=1S/C13H15N3O/c1-17-11-8-6-10(7-9-11)12-4-2-3-5-13(12)15-16-14/h4,6-9,13H,2-3,5H2,1H3. The van der Waals surface area contributed by atoms with E-state index in [9.17, 15) is 0 Å². The Hall–Kier alpha value is -1.93. The summed E-state index contributed by atoms with van der Waals surface area (Å²) in [4.78, 5) is 2.93. The number of rotatable bonds is 3. The Bertz CT molecular complexity index is 458. The van der Waals surface area contributed by atoms with Crippen molar-refractivity contribution in [2.24, 2.45) is 5.11 Å². The Morgan fingerprint density at radius 2 is 2.12 bits per heavy atom. The highest BCUT2D eigenvalue weighted by Gasteiger charge is 2.17. The Morgan fingerprint density at radius 3 is 2.76 bits per heavy atom. The van der Waals surface area contributed by atoms with E-state index in [-0.39, 0.29) is 6.04 Å². The van der Waals surface area contributed by atoms with Gasteiger partial charge in [0, 0.05) is 4.91 Å². The topological polar surface area (TPSA) is 58.0 Å². The van der Waals surface area contributed by atoms with Crippen LogP contribution in [-0.4, -0.2) is 13.2 Å². The number of nitrogens with zero attached hydrogens (tertiary/aromatic N) is 3. The molecule has 0 saturated carbocycles. The summed E-state index contributed by atoms with van der Waals surface area (Å²) < 4.78 is 5.13. The van der Waals surface area contributed by atoms with Crippen molar-refractivity contribution < 1.29 is 4.74 Å². The first-order chi connectivity index (χ1) is 8.35. The molecule has 1 aliphatic carbocycles. The van der Waals surface area contributed by atoms with Gasteiger partial charge in [-0.3, -0.25) is 0 Å². The van der Waals surface area contributed by atoms with Gasteiger partial charge in [-0.1, -0.05) is 23.3 Å². The Kier molecular flexibility index (Phi) is 3.68. The van der Waals surface area contributed by atoms with E-state index in [1.807, 2.05) is 24.3 Å². The summed E-state index contributed by atoms with van der Waals surface area (Å²) >= 11 is 0. The molecule has 0 spiro atoms. The minimum absolute atomic E-state index is 0.0258. The van der Waals surface area contributed by atoms with Crippen molar-refractivity contribution in [2.75, 3.05) is 7.11 Å². The molecule has 0 saturated heterocycles. The van der Waals surface area contributed by atoms with Crippen LogP contribution in [0.15, 0.2) is 35.5 Å². The van der Waals surface area contributed by atoms with Crippen LogP contribution < -0.4 is 4.74 Å². The molecule has 4 heteroatoms. The van der Waals surface area contributed by atoms with E-state index in [0.717, 1.165) is 36.1 Å². The van der Waals surface area contributed by atoms with Gasteiger partial charge in [-0.05, 0) is 48.1 Å². The van der Waals surface area contributed by atoms with E-state index in [4.69, 9.17) is 10.3 Å². The predicted octanol–water partition coefficient (Wildman–Crippen LogP) is 3.94. The number of ether oxygens (including phenoxy) is 1. The summed E-state index contributed by atoms with van der Waals surface area (Å²) in [6.07, 6.45) is 5.24. The summed E-state index contributed by atoms with van der Waals surface area (Å²) in [6.45, 7) is 0.